The molecule has 0 aliphatic rings. The fraction of sp³-hybridized carbons (Fsp3) is 0.222. The van der Waals surface area contributed by atoms with Gasteiger partial charge in [-0.25, -0.2) is 0 Å². The molecule has 0 saturated carbocycles. The van der Waals surface area contributed by atoms with Gasteiger partial charge < -0.3 is 19.8 Å². The van der Waals surface area contributed by atoms with Crippen molar-refractivity contribution < 1.29 is 18.7 Å². The van der Waals surface area contributed by atoms with Crippen molar-refractivity contribution in [1.82, 2.24) is 10.6 Å². The molecule has 7 heteroatoms. The molecular weight excluding hydrogens is 344 g/mol. The highest BCUT2D eigenvalue weighted by Gasteiger charge is 2.15. The third-order valence-corrected chi connectivity index (χ3v) is 3.49. The molecule has 25 heavy (non-hydrogen) atoms. The zero-order valence-corrected chi connectivity index (χ0v) is 14.5. The molecule has 1 aromatic heterocycles. The Morgan fingerprint density at radius 1 is 1.24 bits per heavy atom. The number of nitrogens with one attached hydrogen (secondary N) is 2. The van der Waals surface area contributed by atoms with Crippen LogP contribution in [-0.2, 0) is 9.53 Å². The van der Waals surface area contributed by atoms with Crippen molar-refractivity contribution in [2.75, 3.05) is 20.3 Å². The summed E-state index contributed by atoms with van der Waals surface area (Å²) in [6, 6.07) is 9.76. The highest BCUT2D eigenvalue weighted by molar-refractivity contribution is 6.30. The van der Waals surface area contributed by atoms with Crippen LogP contribution in [0.5, 0.6) is 0 Å². The summed E-state index contributed by atoms with van der Waals surface area (Å²) < 4.78 is 10.2. The second kappa shape index (κ2) is 9.66. The average molecular weight is 363 g/mol. The van der Waals surface area contributed by atoms with Crippen LogP contribution in [-0.4, -0.2) is 32.1 Å². The molecular formula is C18H19ClN2O4. The SMILES string of the molecule is COCCCNC(=O)C(=Cc1ccco1)NC(=O)c1ccc(Cl)cc1. The van der Waals surface area contributed by atoms with E-state index >= 15 is 0 Å². The minimum atomic E-state index is -0.415. The van der Waals surface area contributed by atoms with Crippen molar-refractivity contribution in [3.05, 3.63) is 64.7 Å². The number of amides is 2. The lowest BCUT2D eigenvalue weighted by molar-refractivity contribution is -0.117. The van der Waals surface area contributed by atoms with Gasteiger partial charge in [-0.1, -0.05) is 11.6 Å². The van der Waals surface area contributed by atoms with Crippen LogP contribution in [0.4, 0.5) is 0 Å². The molecule has 0 atom stereocenters. The van der Waals surface area contributed by atoms with Gasteiger partial charge in [0.1, 0.15) is 11.5 Å². The fourth-order valence-corrected chi connectivity index (χ4v) is 2.11. The second-order valence-corrected chi connectivity index (χ2v) is 5.57. The minimum Gasteiger partial charge on any atom is -0.465 e. The topological polar surface area (TPSA) is 80.6 Å². The average Bonchev–Trinajstić information content (AvgIpc) is 3.11. The number of carbonyl (C=O) groups excluding carboxylic acids is 2. The van der Waals surface area contributed by atoms with Gasteiger partial charge in [0, 0.05) is 36.9 Å². The number of furan rings is 1. The molecule has 0 spiro atoms. The molecule has 0 unspecified atom stereocenters. The van der Waals surface area contributed by atoms with Crippen molar-refractivity contribution in [3.8, 4) is 0 Å². The minimum absolute atomic E-state index is 0.0901. The van der Waals surface area contributed by atoms with Gasteiger partial charge in [0.25, 0.3) is 11.8 Å². The molecule has 1 aromatic carbocycles. The van der Waals surface area contributed by atoms with Gasteiger partial charge in [0.2, 0.25) is 0 Å². The van der Waals surface area contributed by atoms with Gasteiger partial charge >= 0.3 is 0 Å². The van der Waals surface area contributed by atoms with Crippen LogP contribution in [0.2, 0.25) is 5.02 Å². The van der Waals surface area contributed by atoms with E-state index < -0.39 is 11.8 Å². The van der Waals surface area contributed by atoms with E-state index in [1.54, 1.807) is 43.5 Å². The van der Waals surface area contributed by atoms with E-state index in [-0.39, 0.29) is 5.70 Å². The maximum atomic E-state index is 12.4. The summed E-state index contributed by atoms with van der Waals surface area (Å²) in [6.07, 6.45) is 3.63. The Hall–Kier alpha value is -2.57. The van der Waals surface area contributed by atoms with Crippen LogP contribution >= 0.6 is 11.6 Å². The van der Waals surface area contributed by atoms with Gasteiger partial charge in [-0.15, -0.1) is 0 Å². The fourth-order valence-electron chi connectivity index (χ4n) is 1.98. The van der Waals surface area contributed by atoms with E-state index in [4.69, 9.17) is 20.8 Å². The van der Waals surface area contributed by atoms with Gasteiger partial charge in [0.05, 0.1) is 6.26 Å². The number of rotatable bonds is 8. The van der Waals surface area contributed by atoms with Crippen LogP contribution < -0.4 is 10.6 Å². The monoisotopic (exact) mass is 362 g/mol. The summed E-state index contributed by atoms with van der Waals surface area (Å²) in [4.78, 5) is 24.7. The molecule has 132 valence electrons. The molecule has 6 nitrogen and oxygen atoms in total. The Labute approximate surface area is 150 Å². The summed E-state index contributed by atoms with van der Waals surface area (Å²) >= 11 is 5.82. The summed E-state index contributed by atoms with van der Waals surface area (Å²) in [5.74, 6) is -0.366. The molecule has 0 aliphatic heterocycles. The van der Waals surface area contributed by atoms with Crippen LogP contribution in [0, 0.1) is 0 Å². The number of ether oxygens (including phenoxy) is 1. The predicted octanol–water partition coefficient (Wildman–Crippen LogP) is 2.86. The smallest absolute Gasteiger partial charge is 0.267 e. The van der Waals surface area contributed by atoms with E-state index in [1.165, 1.54) is 12.3 Å². The molecule has 0 radical (unpaired) electrons. The third-order valence-electron chi connectivity index (χ3n) is 3.24. The summed E-state index contributed by atoms with van der Waals surface area (Å²) in [7, 11) is 1.59. The van der Waals surface area contributed by atoms with Crippen LogP contribution in [0.15, 0.2) is 52.8 Å². The maximum Gasteiger partial charge on any atom is 0.267 e. The number of benzene rings is 1. The first-order chi connectivity index (χ1) is 12.1. The summed E-state index contributed by atoms with van der Waals surface area (Å²) in [5.41, 5.74) is 0.481. The van der Waals surface area contributed by atoms with E-state index in [2.05, 4.69) is 10.6 Å². The highest BCUT2D eigenvalue weighted by Crippen LogP contribution is 2.11. The first-order valence-corrected chi connectivity index (χ1v) is 8.07. The van der Waals surface area contributed by atoms with Crippen molar-refractivity contribution in [2.24, 2.45) is 0 Å². The molecule has 2 rings (SSSR count). The van der Waals surface area contributed by atoms with Gasteiger partial charge in [-0.05, 0) is 42.8 Å². The second-order valence-electron chi connectivity index (χ2n) is 5.14. The number of methoxy groups -OCH3 is 1. The van der Waals surface area contributed by atoms with Crippen molar-refractivity contribution in [3.63, 3.8) is 0 Å². The Bertz CT molecular complexity index is 724. The first-order valence-electron chi connectivity index (χ1n) is 7.69. The van der Waals surface area contributed by atoms with Gasteiger partial charge in [-0.3, -0.25) is 9.59 Å². The Morgan fingerprint density at radius 2 is 2.00 bits per heavy atom. The number of hydrogen-bond donors (Lipinski definition) is 2. The summed E-state index contributed by atoms with van der Waals surface area (Å²) in [5, 5.41) is 5.87. The molecule has 0 saturated heterocycles. The molecule has 2 N–H and O–H groups in total. The van der Waals surface area contributed by atoms with E-state index in [0.29, 0.717) is 35.9 Å². The lowest BCUT2D eigenvalue weighted by Gasteiger charge is -2.10. The molecule has 1 heterocycles. The number of hydrogen-bond acceptors (Lipinski definition) is 4. The molecule has 2 aromatic rings. The largest absolute Gasteiger partial charge is 0.465 e. The zero-order chi connectivity index (χ0) is 18.1. The lowest BCUT2D eigenvalue weighted by Crippen LogP contribution is -2.35. The van der Waals surface area contributed by atoms with Crippen molar-refractivity contribution >= 4 is 29.5 Å². The maximum absolute atomic E-state index is 12.4. The van der Waals surface area contributed by atoms with E-state index in [1.807, 2.05) is 0 Å². The molecule has 0 bridgehead atoms. The van der Waals surface area contributed by atoms with E-state index in [9.17, 15) is 9.59 Å². The normalized spacial score (nSPS) is 11.2. The van der Waals surface area contributed by atoms with Crippen molar-refractivity contribution in [2.45, 2.75) is 6.42 Å². The van der Waals surface area contributed by atoms with Crippen LogP contribution in [0.25, 0.3) is 6.08 Å². The number of carbonyl (C=O) groups is 2. The first kappa shape index (κ1) is 18.8. The Morgan fingerprint density at radius 3 is 2.64 bits per heavy atom. The standard InChI is InChI=1S/C18H19ClN2O4/c1-24-10-3-9-20-18(23)16(12-15-4-2-11-25-15)21-17(22)13-5-7-14(19)8-6-13/h2,4-8,11-12H,3,9-10H2,1H3,(H,20,23)(H,21,22). The zero-order valence-electron chi connectivity index (χ0n) is 13.8. The molecule has 0 aliphatic carbocycles. The lowest BCUT2D eigenvalue weighted by atomic mass is 10.2. The Balaban J connectivity index is 2.10. The van der Waals surface area contributed by atoms with Gasteiger partial charge in [0.15, 0.2) is 0 Å². The third kappa shape index (κ3) is 6.10. The van der Waals surface area contributed by atoms with Crippen molar-refractivity contribution in [1.29, 1.82) is 0 Å². The summed E-state index contributed by atoms with van der Waals surface area (Å²) in [6.45, 7) is 0.966. The number of halogens is 1. The highest BCUT2D eigenvalue weighted by atomic mass is 35.5. The Kier molecular flexibility index (Phi) is 7.25. The molecule has 2 amide bonds. The van der Waals surface area contributed by atoms with Crippen LogP contribution in [0.3, 0.4) is 0 Å². The van der Waals surface area contributed by atoms with Crippen LogP contribution in [0.1, 0.15) is 22.5 Å². The predicted molar refractivity (Wildman–Crippen MR) is 95.1 cm³/mol. The quantitative estimate of drug-likeness (QED) is 0.559. The molecule has 0 fully saturated rings. The van der Waals surface area contributed by atoms with E-state index in [0.717, 1.165) is 0 Å². The van der Waals surface area contributed by atoms with Gasteiger partial charge in [-0.2, -0.15) is 0 Å².